The summed E-state index contributed by atoms with van der Waals surface area (Å²) in [6.07, 6.45) is 4.18. The topological polar surface area (TPSA) is 52.7 Å². The fraction of sp³-hybridized carbons (Fsp3) is 1.00. The largest absolute Gasteiger partial charge is 0.316 e. The molecule has 0 spiro atoms. The summed E-state index contributed by atoms with van der Waals surface area (Å²) >= 11 is 0. The number of nitrogens with zero attached hydrogens (tertiary/aromatic N) is 2. The van der Waals surface area contributed by atoms with Crippen molar-refractivity contribution in [3.05, 3.63) is 0 Å². The smallest absolute Gasteiger partial charge is 0.281 e. The Balaban J connectivity index is 2.49. The Hall–Kier alpha value is -0.170. The van der Waals surface area contributed by atoms with Crippen LogP contribution in [-0.2, 0) is 10.2 Å². The van der Waals surface area contributed by atoms with Crippen LogP contribution in [0, 0.1) is 5.92 Å². The van der Waals surface area contributed by atoms with Gasteiger partial charge in [-0.15, -0.1) is 0 Å². The Morgan fingerprint density at radius 1 is 1.28 bits per heavy atom. The summed E-state index contributed by atoms with van der Waals surface area (Å²) in [7, 11) is 0.0824. The van der Waals surface area contributed by atoms with Crippen molar-refractivity contribution in [3.8, 4) is 0 Å². The Bertz CT molecular complexity index is 326. The third-order valence-corrected chi connectivity index (χ3v) is 5.44. The average molecular weight is 277 g/mol. The van der Waals surface area contributed by atoms with E-state index < -0.39 is 10.2 Å². The number of nitrogens with one attached hydrogen (secondary N) is 1. The summed E-state index contributed by atoms with van der Waals surface area (Å²) in [5.41, 5.74) is 0. The molecule has 1 saturated heterocycles. The first kappa shape index (κ1) is 15.9. The van der Waals surface area contributed by atoms with Crippen molar-refractivity contribution in [1.82, 2.24) is 13.9 Å². The molecule has 0 aromatic heterocycles. The number of rotatable bonds is 7. The fourth-order valence-electron chi connectivity index (χ4n) is 2.27. The van der Waals surface area contributed by atoms with E-state index in [1.165, 1.54) is 8.61 Å². The van der Waals surface area contributed by atoms with E-state index in [1.807, 2.05) is 0 Å². The lowest BCUT2D eigenvalue weighted by atomic mass is 10.00. The van der Waals surface area contributed by atoms with Gasteiger partial charge in [-0.3, -0.25) is 0 Å². The normalized spacial score (nSPS) is 21.7. The van der Waals surface area contributed by atoms with Gasteiger partial charge in [0.25, 0.3) is 10.2 Å². The Morgan fingerprint density at radius 2 is 2.00 bits per heavy atom. The summed E-state index contributed by atoms with van der Waals surface area (Å²) in [5, 5.41) is 3.32. The number of piperidine rings is 1. The van der Waals surface area contributed by atoms with E-state index in [1.54, 1.807) is 14.1 Å². The first-order chi connectivity index (χ1) is 8.48. The zero-order valence-electron chi connectivity index (χ0n) is 11.9. The lowest BCUT2D eigenvalue weighted by molar-refractivity contribution is 0.300. The summed E-state index contributed by atoms with van der Waals surface area (Å²) in [5.74, 6) is 0.443. The monoisotopic (exact) mass is 277 g/mol. The van der Waals surface area contributed by atoms with Crippen molar-refractivity contribution in [2.24, 2.45) is 5.92 Å². The molecule has 0 aromatic carbocycles. The van der Waals surface area contributed by atoms with E-state index in [0.29, 0.717) is 19.0 Å². The van der Waals surface area contributed by atoms with Crippen molar-refractivity contribution in [2.45, 2.75) is 32.6 Å². The van der Waals surface area contributed by atoms with Crippen LogP contribution in [0.3, 0.4) is 0 Å². The molecule has 1 heterocycles. The molecule has 1 aliphatic rings. The van der Waals surface area contributed by atoms with Crippen molar-refractivity contribution in [3.63, 3.8) is 0 Å². The molecule has 18 heavy (non-hydrogen) atoms. The molecule has 5 nitrogen and oxygen atoms in total. The molecule has 0 bridgehead atoms. The summed E-state index contributed by atoms with van der Waals surface area (Å²) in [6.45, 7) is 5.28. The summed E-state index contributed by atoms with van der Waals surface area (Å²) in [6, 6.07) is 0. The third-order valence-electron chi connectivity index (χ3n) is 3.53. The second kappa shape index (κ2) is 7.43. The number of hydrogen-bond acceptors (Lipinski definition) is 3. The molecule has 6 heteroatoms. The predicted molar refractivity (Wildman–Crippen MR) is 74.7 cm³/mol. The van der Waals surface area contributed by atoms with Gasteiger partial charge in [0.1, 0.15) is 0 Å². The van der Waals surface area contributed by atoms with Crippen molar-refractivity contribution >= 4 is 10.2 Å². The van der Waals surface area contributed by atoms with Crippen LogP contribution in [0.2, 0.25) is 0 Å². The van der Waals surface area contributed by atoms with Crippen LogP contribution in [0.25, 0.3) is 0 Å². The summed E-state index contributed by atoms with van der Waals surface area (Å²) in [4.78, 5) is 0. The van der Waals surface area contributed by atoms with Crippen molar-refractivity contribution in [1.29, 1.82) is 0 Å². The maximum atomic E-state index is 12.2. The molecule has 1 N–H and O–H groups in total. The van der Waals surface area contributed by atoms with Crippen LogP contribution in [0.1, 0.15) is 32.6 Å². The molecule has 1 aliphatic heterocycles. The minimum Gasteiger partial charge on any atom is -0.316 e. The molecule has 0 radical (unpaired) electrons. The summed E-state index contributed by atoms with van der Waals surface area (Å²) < 4.78 is 27.4. The highest BCUT2D eigenvalue weighted by atomic mass is 32.2. The van der Waals surface area contributed by atoms with Gasteiger partial charge in [-0.2, -0.15) is 17.0 Å². The quantitative estimate of drug-likeness (QED) is 0.752. The van der Waals surface area contributed by atoms with Crippen LogP contribution in [0.4, 0.5) is 0 Å². The highest BCUT2D eigenvalue weighted by molar-refractivity contribution is 7.86. The molecule has 0 amide bonds. The van der Waals surface area contributed by atoms with Crippen LogP contribution >= 0.6 is 0 Å². The van der Waals surface area contributed by atoms with Crippen LogP contribution in [0.15, 0.2) is 0 Å². The molecule has 1 rings (SSSR count). The minimum absolute atomic E-state index is 0.443. The van der Waals surface area contributed by atoms with E-state index in [-0.39, 0.29) is 0 Å². The average Bonchev–Trinajstić information content (AvgIpc) is 2.36. The first-order valence-corrected chi connectivity index (χ1v) is 8.26. The zero-order valence-corrected chi connectivity index (χ0v) is 12.7. The maximum absolute atomic E-state index is 12.2. The highest BCUT2D eigenvalue weighted by Crippen LogP contribution is 2.14. The fourth-order valence-corrected chi connectivity index (χ4v) is 3.51. The van der Waals surface area contributed by atoms with Gasteiger partial charge >= 0.3 is 0 Å². The van der Waals surface area contributed by atoms with Crippen LogP contribution in [0.5, 0.6) is 0 Å². The van der Waals surface area contributed by atoms with Crippen molar-refractivity contribution in [2.75, 3.05) is 40.3 Å². The van der Waals surface area contributed by atoms with Gasteiger partial charge in [-0.05, 0) is 38.3 Å². The molecule has 0 aliphatic carbocycles. The lowest BCUT2D eigenvalue weighted by Crippen LogP contribution is -2.44. The van der Waals surface area contributed by atoms with Gasteiger partial charge in [0.05, 0.1) is 0 Å². The molecular weight excluding hydrogens is 250 g/mol. The molecule has 1 atom stereocenters. The van der Waals surface area contributed by atoms with Crippen LogP contribution in [-0.4, -0.2) is 57.3 Å². The minimum atomic E-state index is -3.27. The van der Waals surface area contributed by atoms with Gasteiger partial charge < -0.3 is 5.32 Å². The molecular formula is C12H27N3O2S. The van der Waals surface area contributed by atoms with Gasteiger partial charge in [0.2, 0.25) is 0 Å². The van der Waals surface area contributed by atoms with Gasteiger partial charge in [-0.25, -0.2) is 0 Å². The zero-order chi connectivity index (χ0) is 13.6. The molecule has 1 fully saturated rings. The van der Waals surface area contributed by atoms with E-state index in [4.69, 9.17) is 0 Å². The molecule has 0 aromatic rings. The third kappa shape index (κ3) is 4.50. The van der Waals surface area contributed by atoms with E-state index in [9.17, 15) is 8.42 Å². The predicted octanol–water partition coefficient (Wildman–Crippen LogP) is 0.895. The number of unbranched alkanes of at least 4 members (excludes halogenated alkanes) is 1. The highest BCUT2D eigenvalue weighted by Gasteiger charge is 2.26. The Morgan fingerprint density at radius 3 is 2.56 bits per heavy atom. The second-order valence-corrected chi connectivity index (χ2v) is 7.32. The van der Waals surface area contributed by atoms with Gasteiger partial charge in [-0.1, -0.05) is 13.3 Å². The van der Waals surface area contributed by atoms with Gasteiger partial charge in [0, 0.05) is 27.2 Å². The maximum Gasteiger partial charge on any atom is 0.281 e. The van der Waals surface area contributed by atoms with Gasteiger partial charge in [0.15, 0.2) is 0 Å². The van der Waals surface area contributed by atoms with E-state index >= 15 is 0 Å². The molecule has 0 saturated carbocycles. The first-order valence-electron chi connectivity index (χ1n) is 6.86. The van der Waals surface area contributed by atoms with E-state index in [2.05, 4.69) is 12.2 Å². The van der Waals surface area contributed by atoms with Crippen molar-refractivity contribution < 1.29 is 8.42 Å². The molecule has 108 valence electrons. The Labute approximate surface area is 112 Å². The van der Waals surface area contributed by atoms with E-state index in [0.717, 1.165) is 38.8 Å². The second-order valence-electron chi connectivity index (χ2n) is 5.18. The molecule has 1 unspecified atom stereocenters. The number of hydrogen-bond donors (Lipinski definition) is 1. The standard InChI is InChI=1S/C12H27N3O2S/c1-4-5-9-14(2)18(16,17)15(3)11-12-7-6-8-13-10-12/h12-13H,4-11H2,1-3H3. The van der Waals surface area contributed by atoms with Crippen LogP contribution < -0.4 is 5.32 Å². The Kier molecular flexibility index (Phi) is 6.55. The SMILES string of the molecule is CCCCN(C)S(=O)(=O)N(C)CC1CCCNC1. The lowest BCUT2D eigenvalue weighted by Gasteiger charge is -2.29.